The molecule has 2 radical (unpaired) electrons. The van der Waals surface area contributed by atoms with Gasteiger partial charge in [0.05, 0.1) is 0 Å². The molecule has 0 fully saturated rings. The molecule has 0 N–H and O–H groups in total. The summed E-state index contributed by atoms with van der Waals surface area (Å²) in [5, 5.41) is 0. The van der Waals surface area contributed by atoms with Gasteiger partial charge in [-0.2, -0.15) is 0 Å². The van der Waals surface area contributed by atoms with Gasteiger partial charge in [-0.1, -0.05) is 51.9 Å². The fourth-order valence-corrected chi connectivity index (χ4v) is 1.76. The Morgan fingerprint density at radius 3 is 1.92 bits per heavy atom. The van der Waals surface area contributed by atoms with Gasteiger partial charge in [0.15, 0.2) is 0 Å². The lowest BCUT2D eigenvalue weighted by molar-refractivity contribution is 0.323. The highest BCUT2D eigenvalue weighted by Gasteiger charge is 1.91. The normalized spacial score (nSPS) is 10.6. The second-order valence-electron chi connectivity index (χ2n) is 3.53. The predicted molar refractivity (Wildman–Crippen MR) is 60.2 cm³/mol. The van der Waals surface area contributed by atoms with Crippen molar-refractivity contribution in [2.24, 2.45) is 0 Å². The smallest absolute Gasteiger partial charge is 0.226 e. The van der Waals surface area contributed by atoms with Gasteiger partial charge >= 0.3 is 0 Å². The molecule has 13 heavy (non-hydrogen) atoms. The zero-order valence-electron chi connectivity index (χ0n) is 9.27. The first-order valence-corrected chi connectivity index (χ1v) is 7.11. The predicted octanol–water partition coefficient (Wildman–Crippen LogP) is 3.81. The van der Waals surface area contributed by atoms with Crippen LogP contribution in [0.3, 0.4) is 0 Å². The molecule has 0 aliphatic heterocycles. The summed E-state index contributed by atoms with van der Waals surface area (Å²) in [4.78, 5) is 0. The Kier molecular flexibility index (Phi) is 12.3. The minimum absolute atomic E-state index is 0.670. The fourth-order valence-electron chi connectivity index (χ4n) is 1.41. The van der Waals surface area contributed by atoms with Crippen molar-refractivity contribution < 1.29 is 4.43 Å². The van der Waals surface area contributed by atoms with E-state index in [0.717, 1.165) is 6.61 Å². The van der Waals surface area contributed by atoms with Crippen LogP contribution in [-0.4, -0.2) is 16.4 Å². The molecular formula is C11H24OSi. The Balaban J connectivity index is 2.76. The fraction of sp³-hybridized carbons (Fsp3) is 1.00. The third-order valence-corrected chi connectivity index (χ3v) is 2.74. The second-order valence-corrected chi connectivity index (χ2v) is 4.22. The van der Waals surface area contributed by atoms with E-state index in [1.807, 2.05) is 0 Å². The van der Waals surface area contributed by atoms with Gasteiger partial charge in [0.2, 0.25) is 9.76 Å². The van der Waals surface area contributed by atoms with E-state index < -0.39 is 0 Å². The standard InChI is InChI=1S/C11H24OSi/c1-3-4-5-6-7-8-9-10-11-12-13-2/h3-11H2,1-2H3. The summed E-state index contributed by atoms with van der Waals surface area (Å²) in [5.41, 5.74) is 0. The lowest BCUT2D eigenvalue weighted by Crippen LogP contribution is -1.95. The average Bonchev–Trinajstić information content (AvgIpc) is 2.16. The maximum Gasteiger partial charge on any atom is 0.226 e. The van der Waals surface area contributed by atoms with Gasteiger partial charge in [-0.25, -0.2) is 0 Å². The Morgan fingerprint density at radius 1 is 0.846 bits per heavy atom. The monoisotopic (exact) mass is 200 g/mol. The second kappa shape index (κ2) is 12.2. The Morgan fingerprint density at radius 2 is 1.38 bits per heavy atom. The van der Waals surface area contributed by atoms with Crippen LogP contribution in [0.25, 0.3) is 0 Å². The maximum atomic E-state index is 5.31. The van der Waals surface area contributed by atoms with Crippen molar-refractivity contribution in [1.82, 2.24) is 0 Å². The van der Waals surface area contributed by atoms with Crippen LogP contribution in [0.15, 0.2) is 0 Å². The van der Waals surface area contributed by atoms with Crippen LogP contribution in [0.4, 0.5) is 0 Å². The first-order chi connectivity index (χ1) is 6.41. The third-order valence-electron chi connectivity index (χ3n) is 2.24. The minimum Gasteiger partial charge on any atom is -0.418 e. The molecule has 0 unspecified atom stereocenters. The molecule has 0 saturated heterocycles. The van der Waals surface area contributed by atoms with Crippen molar-refractivity contribution in [3.63, 3.8) is 0 Å². The molecule has 2 heteroatoms. The third kappa shape index (κ3) is 12.2. The van der Waals surface area contributed by atoms with Gasteiger partial charge in [0.25, 0.3) is 0 Å². The zero-order chi connectivity index (χ0) is 9.78. The van der Waals surface area contributed by atoms with E-state index >= 15 is 0 Å². The largest absolute Gasteiger partial charge is 0.418 e. The van der Waals surface area contributed by atoms with Crippen LogP contribution in [-0.2, 0) is 4.43 Å². The molecule has 0 aromatic heterocycles. The highest BCUT2D eigenvalue weighted by atomic mass is 28.2. The van der Waals surface area contributed by atoms with Crippen LogP contribution >= 0.6 is 0 Å². The molecule has 0 aliphatic carbocycles. The molecule has 0 aromatic rings. The molecule has 0 aromatic carbocycles. The lowest BCUT2D eigenvalue weighted by atomic mass is 10.1. The average molecular weight is 200 g/mol. The first-order valence-electron chi connectivity index (χ1n) is 5.70. The molecule has 0 aliphatic rings. The van der Waals surface area contributed by atoms with Crippen LogP contribution in [0.5, 0.6) is 0 Å². The van der Waals surface area contributed by atoms with Crippen LogP contribution < -0.4 is 0 Å². The summed E-state index contributed by atoms with van der Waals surface area (Å²) < 4.78 is 5.31. The van der Waals surface area contributed by atoms with Crippen molar-refractivity contribution >= 4 is 9.76 Å². The summed E-state index contributed by atoms with van der Waals surface area (Å²) in [6, 6.07) is 0. The maximum absolute atomic E-state index is 5.31. The van der Waals surface area contributed by atoms with E-state index in [2.05, 4.69) is 13.5 Å². The number of unbranched alkanes of at least 4 members (excludes halogenated alkanes) is 7. The van der Waals surface area contributed by atoms with Gasteiger partial charge in [-0.05, 0) is 13.0 Å². The van der Waals surface area contributed by atoms with Crippen LogP contribution in [0.2, 0.25) is 6.55 Å². The van der Waals surface area contributed by atoms with Gasteiger partial charge in [0.1, 0.15) is 0 Å². The summed E-state index contributed by atoms with van der Waals surface area (Å²) >= 11 is 0. The molecule has 78 valence electrons. The zero-order valence-corrected chi connectivity index (χ0v) is 10.3. The molecule has 0 spiro atoms. The van der Waals surface area contributed by atoms with E-state index in [-0.39, 0.29) is 0 Å². The Labute approximate surface area is 86.2 Å². The summed E-state index contributed by atoms with van der Waals surface area (Å²) in [6.07, 6.45) is 11.1. The number of hydrogen-bond acceptors (Lipinski definition) is 1. The van der Waals surface area contributed by atoms with E-state index in [4.69, 9.17) is 4.43 Å². The van der Waals surface area contributed by atoms with Crippen molar-refractivity contribution in [2.45, 2.75) is 64.8 Å². The topological polar surface area (TPSA) is 9.23 Å². The SMILES string of the molecule is CCCCCCCCCCO[Si]C. The molecule has 0 atom stereocenters. The van der Waals surface area contributed by atoms with Crippen molar-refractivity contribution in [3.8, 4) is 0 Å². The first kappa shape index (κ1) is 13.2. The summed E-state index contributed by atoms with van der Waals surface area (Å²) in [6.45, 7) is 5.33. The van der Waals surface area contributed by atoms with Crippen molar-refractivity contribution in [1.29, 1.82) is 0 Å². The van der Waals surface area contributed by atoms with Gasteiger partial charge in [-0.15, -0.1) is 0 Å². The number of rotatable bonds is 10. The van der Waals surface area contributed by atoms with Crippen molar-refractivity contribution in [2.75, 3.05) is 6.61 Å². The van der Waals surface area contributed by atoms with E-state index in [1.165, 1.54) is 51.4 Å². The van der Waals surface area contributed by atoms with Crippen LogP contribution in [0.1, 0.15) is 58.3 Å². The van der Waals surface area contributed by atoms with Gasteiger partial charge in [-0.3, -0.25) is 0 Å². The minimum atomic E-state index is 0.670. The van der Waals surface area contributed by atoms with E-state index in [9.17, 15) is 0 Å². The summed E-state index contributed by atoms with van der Waals surface area (Å²) in [5.74, 6) is 0. The van der Waals surface area contributed by atoms with Gasteiger partial charge in [0, 0.05) is 6.61 Å². The molecule has 0 heterocycles. The van der Waals surface area contributed by atoms with E-state index in [1.54, 1.807) is 0 Å². The molecule has 0 saturated carbocycles. The van der Waals surface area contributed by atoms with Crippen molar-refractivity contribution in [3.05, 3.63) is 0 Å². The molecule has 0 rings (SSSR count). The molecular weight excluding hydrogens is 176 g/mol. The Hall–Kier alpha value is 0.177. The highest BCUT2D eigenvalue weighted by Crippen LogP contribution is 2.08. The lowest BCUT2D eigenvalue weighted by Gasteiger charge is -2.01. The van der Waals surface area contributed by atoms with Crippen LogP contribution in [0, 0.1) is 0 Å². The molecule has 1 nitrogen and oxygen atoms in total. The van der Waals surface area contributed by atoms with E-state index in [0.29, 0.717) is 9.76 Å². The molecule has 0 amide bonds. The highest BCUT2D eigenvalue weighted by molar-refractivity contribution is 6.24. The van der Waals surface area contributed by atoms with Gasteiger partial charge < -0.3 is 4.43 Å². The number of hydrogen-bond donors (Lipinski definition) is 0. The Bertz CT molecular complexity index is 76.2. The molecule has 0 bridgehead atoms. The quantitative estimate of drug-likeness (QED) is 0.385. The summed E-state index contributed by atoms with van der Waals surface area (Å²) in [7, 11) is 0.670.